The molecule has 0 fully saturated rings. The van der Waals surface area contributed by atoms with Crippen LogP contribution < -0.4 is 16.2 Å². The number of thiocarbonyl (C=S) groups is 1. The van der Waals surface area contributed by atoms with Crippen molar-refractivity contribution < 1.29 is 4.79 Å². The van der Waals surface area contributed by atoms with Crippen LogP contribution in [0.5, 0.6) is 0 Å². The summed E-state index contributed by atoms with van der Waals surface area (Å²) < 4.78 is 0. The molecule has 20 heavy (non-hydrogen) atoms. The molecule has 0 radical (unpaired) electrons. The fourth-order valence-electron chi connectivity index (χ4n) is 1.65. The van der Waals surface area contributed by atoms with E-state index in [2.05, 4.69) is 21.1 Å². The largest absolute Gasteiger partial charge is 0.361 e. The minimum absolute atomic E-state index is 0.194. The number of nitrogens with zero attached hydrogens (tertiary/aromatic N) is 1. The van der Waals surface area contributed by atoms with E-state index in [0.29, 0.717) is 10.7 Å². The Bertz CT molecular complexity index is 462. The third-order valence-electron chi connectivity index (χ3n) is 2.75. The van der Waals surface area contributed by atoms with Gasteiger partial charge in [0.05, 0.1) is 0 Å². The molecule has 1 amide bonds. The van der Waals surface area contributed by atoms with Crippen LogP contribution >= 0.6 is 12.2 Å². The minimum atomic E-state index is -0.194. The summed E-state index contributed by atoms with van der Waals surface area (Å²) in [5.74, 6) is -0.194. The summed E-state index contributed by atoms with van der Waals surface area (Å²) in [6, 6.07) is 7.41. The normalized spacial score (nSPS) is 10.2. The predicted molar refractivity (Wildman–Crippen MR) is 85.6 cm³/mol. The lowest BCUT2D eigenvalue weighted by Crippen LogP contribution is -2.47. The SMILES string of the molecule is Cc1ccccc1C(=O)NNC(=S)NCCCN(C)C. The van der Waals surface area contributed by atoms with Gasteiger partial charge in [0.15, 0.2) is 5.11 Å². The first-order valence-electron chi connectivity index (χ1n) is 6.55. The molecule has 0 unspecified atom stereocenters. The molecular formula is C14H22N4OS. The summed E-state index contributed by atoms with van der Waals surface area (Å²) in [5, 5.41) is 3.46. The maximum atomic E-state index is 11.9. The molecule has 0 aliphatic carbocycles. The van der Waals surface area contributed by atoms with Crippen molar-refractivity contribution in [1.82, 2.24) is 21.1 Å². The van der Waals surface area contributed by atoms with Crippen LogP contribution in [0.2, 0.25) is 0 Å². The van der Waals surface area contributed by atoms with E-state index in [0.717, 1.165) is 25.1 Å². The second kappa shape index (κ2) is 8.50. The highest BCUT2D eigenvalue weighted by molar-refractivity contribution is 7.80. The first kappa shape index (κ1) is 16.4. The number of hydrazine groups is 1. The molecule has 0 bridgehead atoms. The Labute approximate surface area is 125 Å². The van der Waals surface area contributed by atoms with Gasteiger partial charge in [-0.2, -0.15) is 0 Å². The number of hydrogen-bond donors (Lipinski definition) is 3. The van der Waals surface area contributed by atoms with Gasteiger partial charge in [-0.3, -0.25) is 15.6 Å². The lowest BCUT2D eigenvalue weighted by Gasteiger charge is -2.13. The van der Waals surface area contributed by atoms with E-state index in [1.807, 2.05) is 39.2 Å². The summed E-state index contributed by atoms with van der Waals surface area (Å²) in [4.78, 5) is 14.0. The molecule has 0 aliphatic heterocycles. The van der Waals surface area contributed by atoms with E-state index in [9.17, 15) is 4.79 Å². The topological polar surface area (TPSA) is 56.4 Å². The summed E-state index contributed by atoms with van der Waals surface area (Å²) in [6.45, 7) is 3.65. The zero-order valence-corrected chi connectivity index (χ0v) is 13.0. The molecule has 3 N–H and O–H groups in total. The van der Waals surface area contributed by atoms with Gasteiger partial charge in [0.2, 0.25) is 0 Å². The summed E-state index contributed by atoms with van der Waals surface area (Å²) in [7, 11) is 4.05. The van der Waals surface area contributed by atoms with Crippen LogP contribution in [0.25, 0.3) is 0 Å². The van der Waals surface area contributed by atoms with E-state index in [-0.39, 0.29) is 5.91 Å². The van der Waals surface area contributed by atoms with E-state index >= 15 is 0 Å². The Balaban J connectivity index is 2.27. The molecule has 5 nitrogen and oxygen atoms in total. The maximum Gasteiger partial charge on any atom is 0.269 e. The van der Waals surface area contributed by atoms with Crippen LogP contribution in [0.4, 0.5) is 0 Å². The molecule has 1 rings (SSSR count). The molecule has 0 atom stereocenters. The zero-order valence-electron chi connectivity index (χ0n) is 12.2. The highest BCUT2D eigenvalue weighted by atomic mass is 32.1. The van der Waals surface area contributed by atoms with E-state index < -0.39 is 0 Å². The molecule has 110 valence electrons. The first-order valence-corrected chi connectivity index (χ1v) is 6.96. The maximum absolute atomic E-state index is 11.9. The van der Waals surface area contributed by atoms with E-state index in [1.54, 1.807) is 6.07 Å². The Morgan fingerprint density at radius 3 is 2.60 bits per heavy atom. The van der Waals surface area contributed by atoms with Gasteiger partial charge in [0.25, 0.3) is 5.91 Å². The van der Waals surface area contributed by atoms with E-state index in [4.69, 9.17) is 12.2 Å². The Kier molecular flexibility index (Phi) is 6.97. The summed E-state index contributed by atoms with van der Waals surface area (Å²) in [6.07, 6.45) is 0.987. The number of hydrogen-bond acceptors (Lipinski definition) is 3. The van der Waals surface area contributed by atoms with Gasteiger partial charge in [-0.15, -0.1) is 0 Å². The third kappa shape index (κ3) is 5.99. The molecule has 0 saturated carbocycles. The number of nitrogens with one attached hydrogen (secondary N) is 3. The molecular weight excluding hydrogens is 272 g/mol. The van der Waals surface area contributed by atoms with Crippen LogP contribution in [0, 0.1) is 6.92 Å². The second-order valence-corrected chi connectivity index (χ2v) is 5.22. The quantitative estimate of drug-likeness (QED) is 0.431. The lowest BCUT2D eigenvalue weighted by atomic mass is 10.1. The lowest BCUT2D eigenvalue weighted by molar-refractivity contribution is 0.0943. The molecule has 1 aromatic rings. The van der Waals surface area contributed by atoms with Crippen LogP contribution in [0.15, 0.2) is 24.3 Å². The van der Waals surface area contributed by atoms with Gasteiger partial charge in [0.1, 0.15) is 0 Å². The average Bonchev–Trinajstić information content (AvgIpc) is 2.41. The van der Waals surface area contributed by atoms with Crippen LogP contribution in [-0.2, 0) is 0 Å². The number of aryl methyl sites for hydroxylation is 1. The fourth-order valence-corrected chi connectivity index (χ4v) is 1.80. The second-order valence-electron chi connectivity index (χ2n) is 4.81. The highest BCUT2D eigenvalue weighted by Gasteiger charge is 2.07. The first-order chi connectivity index (χ1) is 9.50. The van der Waals surface area contributed by atoms with Crippen molar-refractivity contribution in [2.24, 2.45) is 0 Å². The molecule has 0 heterocycles. The van der Waals surface area contributed by atoms with Gasteiger partial charge in [0, 0.05) is 12.1 Å². The van der Waals surface area contributed by atoms with Crippen molar-refractivity contribution in [3.8, 4) is 0 Å². The Morgan fingerprint density at radius 2 is 1.95 bits per heavy atom. The standard InChI is InChI=1S/C14H22N4OS/c1-11-7-4-5-8-12(11)13(19)16-17-14(20)15-9-6-10-18(2)3/h4-5,7-8H,6,9-10H2,1-3H3,(H,16,19)(H2,15,17,20). The third-order valence-corrected chi connectivity index (χ3v) is 2.99. The van der Waals surface area contributed by atoms with Gasteiger partial charge >= 0.3 is 0 Å². The Hall–Kier alpha value is -1.66. The van der Waals surface area contributed by atoms with Gasteiger partial charge in [-0.25, -0.2) is 0 Å². The monoisotopic (exact) mass is 294 g/mol. The van der Waals surface area contributed by atoms with Crippen molar-refractivity contribution >= 4 is 23.2 Å². The van der Waals surface area contributed by atoms with Crippen molar-refractivity contribution in [3.05, 3.63) is 35.4 Å². The van der Waals surface area contributed by atoms with Crippen LogP contribution in [-0.4, -0.2) is 43.1 Å². The smallest absolute Gasteiger partial charge is 0.269 e. The molecule has 6 heteroatoms. The summed E-state index contributed by atoms with van der Waals surface area (Å²) >= 11 is 5.08. The minimum Gasteiger partial charge on any atom is -0.361 e. The summed E-state index contributed by atoms with van der Waals surface area (Å²) in [5.41, 5.74) is 6.85. The van der Waals surface area contributed by atoms with Crippen molar-refractivity contribution in [2.45, 2.75) is 13.3 Å². The molecule has 0 saturated heterocycles. The molecule has 0 aliphatic rings. The highest BCUT2D eigenvalue weighted by Crippen LogP contribution is 2.05. The number of amides is 1. The van der Waals surface area contributed by atoms with Crippen molar-refractivity contribution in [1.29, 1.82) is 0 Å². The number of carbonyl (C=O) groups is 1. The van der Waals surface area contributed by atoms with Gasteiger partial charge in [-0.05, 0) is 57.8 Å². The van der Waals surface area contributed by atoms with E-state index in [1.165, 1.54) is 0 Å². The predicted octanol–water partition coefficient (Wildman–Crippen LogP) is 1.06. The Morgan fingerprint density at radius 1 is 1.25 bits per heavy atom. The fraction of sp³-hybridized carbons (Fsp3) is 0.429. The molecule has 0 spiro atoms. The number of rotatable bonds is 5. The van der Waals surface area contributed by atoms with Gasteiger partial charge < -0.3 is 10.2 Å². The van der Waals surface area contributed by atoms with Crippen molar-refractivity contribution in [3.63, 3.8) is 0 Å². The average molecular weight is 294 g/mol. The number of carbonyl (C=O) groups excluding carboxylic acids is 1. The van der Waals surface area contributed by atoms with Gasteiger partial charge in [-0.1, -0.05) is 18.2 Å². The molecule has 1 aromatic carbocycles. The zero-order chi connectivity index (χ0) is 15.0. The van der Waals surface area contributed by atoms with Crippen molar-refractivity contribution in [2.75, 3.05) is 27.2 Å². The number of benzene rings is 1. The van der Waals surface area contributed by atoms with Crippen LogP contribution in [0.1, 0.15) is 22.3 Å². The van der Waals surface area contributed by atoms with Crippen LogP contribution in [0.3, 0.4) is 0 Å². The molecule has 0 aromatic heterocycles.